The summed E-state index contributed by atoms with van der Waals surface area (Å²) >= 11 is 1.81. The third-order valence-electron chi connectivity index (χ3n) is 4.21. The van der Waals surface area contributed by atoms with Crippen LogP contribution in [0.5, 0.6) is 11.5 Å². The van der Waals surface area contributed by atoms with Gasteiger partial charge in [-0.2, -0.15) is 0 Å². The highest BCUT2D eigenvalue weighted by atomic mass is 32.1. The van der Waals surface area contributed by atoms with Crippen molar-refractivity contribution < 1.29 is 9.47 Å². The summed E-state index contributed by atoms with van der Waals surface area (Å²) in [6.45, 7) is 7.83. The summed E-state index contributed by atoms with van der Waals surface area (Å²) in [5.74, 6) is 2.00. The third-order valence-corrected chi connectivity index (χ3v) is 5.20. The second kappa shape index (κ2) is 7.37. The molecule has 3 nitrogen and oxygen atoms in total. The Kier molecular flexibility index (Phi) is 5.23. The lowest BCUT2D eigenvalue weighted by molar-refractivity contribution is 0.254. The van der Waals surface area contributed by atoms with E-state index in [1.165, 1.54) is 16.0 Å². The van der Waals surface area contributed by atoms with Gasteiger partial charge < -0.3 is 14.8 Å². The van der Waals surface area contributed by atoms with Gasteiger partial charge in [0.25, 0.3) is 0 Å². The van der Waals surface area contributed by atoms with Crippen LogP contribution in [-0.4, -0.2) is 12.7 Å². The van der Waals surface area contributed by atoms with Crippen molar-refractivity contribution in [3.63, 3.8) is 0 Å². The molecule has 2 aromatic rings. The lowest BCUT2D eigenvalue weighted by Gasteiger charge is -2.18. The van der Waals surface area contributed by atoms with Crippen molar-refractivity contribution >= 4 is 11.3 Å². The number of hydrogen-bond acceptors (Lipinski definition) is 4. The van der Waals surface area contributed by atoms with Crippen LogP contribution >= 0.6 is 11.3 Å². The van der Waals surface area contributed by atoms with Gasteiger partial charge in [0.1, 0.15) is 17.6 Å². The van der Waals surface area contributed by atoms with Crippen LogP contribution in [0.1, 0.15) is 49.2 Å². The van der Waals surface area contributed by atoms with Gasteiger partial charge >= 0.3 is 0 Å². The second-order valence-electron chi connectivity index (χ2n) is 5.99. The first-order valence-corrected chi connectivity index (χ1v) is 9.31. The van der Waals surface area contributed by atoms with Crippen LogP contribution in [0.15, 0.2) is 29.6 Å². The van der Waals surface area contributed by atoms with E-state index in [1.807, 2.05) is 18.3 Å². The van der Waals surface area contributed by atoms with Crippen molar-refractivity contribution in [3.05, 3.63) is 45.6 Å². The number of fused-ring (bicyclic) bond motifs is 1. The van der Waals surface area contributed by atoms with Gasteiger partial charge in [-0.15, -0.1) is 11.3 Å². The minimum Gasteiger partial charge on any atom is -0.494 e. The van der Waals surface area contributed by atoms with E-state index in [0.29, 0.717) is 12.6 Å². The molecule has 0 spiro atoms. The number of thiophene rings is 1. The number of rotatable bonds is 7. The van der Waals surface area contributed by atoms with Crippen LogP contribution in [0, 0.1) is 0 Å². The minimum absolute atomic E-state index is 0.261. The number of hydrogen-bond donors (Lipinski definition) is 1. The van der Waals surface area contributed by atoms with E-state index in [2.05, 4.69) is 48.8 Å². The molecule has 0 aliphatic carbocycles. The van der Waals surface area contributed by atoms with Gasteiger partial charge in [0.2, 0.25) is 0 Å². The molecule has 1 aromatic carbocycles. The molecule has 1 aliphatic rings. The van der Waals surface area contributed by atoms with Gasteiger partial charge in [0.05, 0.1) is 6.61 Å². The predicted molar refractivity (Wildman–Crippen MR) is 95.6 cm³/mol. The number of nitrogens with one attached hydrogen (secondary N) is 1. The summed E-state index contributed by atoms with van der Waals surface area (Å²) in [4.78, 5) is 1.39. The molecule has 0 amide bonds. The van der Waals surface area contributed by atoms with Gasteiger partial charge in [-0.05, 0) is 43.8 Å². The maximum absolute atomic E-state index is 5.90. The van der Waals surface area contributed by atoms with Crippen molar-refractivity contribution in [3.8, 4) is 11.5 Å². The Morgan fingerprint density at radius 1 is 1.39 bits per heavy atom. The summed E-state index contributed by atoms with van der Waals surface area (Å²) in [6, 6.07) is 9.00. The highest BCUT2D eigenvalue weighted by Gasteiger charge is 2.22. The minimum atomic E-state index is 0.261. The summed E-state index contributed by atoms with van der Waals surface area (Å²) < 4.78 is 11.8. The summed E-state index contributed by atoms with van der Waals surface area (Å²) in [6.07, 6.45) is 2.30. The zero-order valence-electron chi connectivity index (χ0n) is 14.1. The molecule has 124 valence electrons. The fraction of sp³-hybridized carbons (Fsp3) is 0.474. The molecule has 3 rings (SSSR count). The van der Waals surface area contributed by atoms with E-state index in [4.69, 9.17) is 9.47 Å². The Labute approximate surface area is 142 Å². The zero-order valence-corrected chi connectivity index (χ0v) is 14.9. The number of ether oxygens (including phenoxy) is 2. The quantitative estimate of drug-likeness (QED) is 0.797. The van der Waals surface area contributed by atoms with E-state index in [-0.39, 0.29) is 6.10 Å². The summed E-state index contributed by atoms with van der Waals surface area (Å²) in [5.41, 5.74) is 2.43. The lowest BCUT2D eigenvalue weighted by atomic mass is 10.1. The molecule has 23 heavy (non-hydrogen) atoms. The maximum atomic E-state index is 5.90. The van der Waals surface area contributed by atoms with E-state index in [9.17, 15) is 0 Å². The van der Waals surface area contributed by atoms with Gasteiger partial charge in [0, 0.05) is 35.0 Å². The Hall–Kier alpha value is -1.52. The molecular weight excluding hydrogens is 306 g/mol. The normalized spacial score (nSPS) is 17.6. The van der Waals surface area contributed by atoms with Gasteiger partial charge in [-0.25, -0.2) is 0 Å². The average Bonchev–Trinajstić information content (AvgIpc) is 3.17. The van der Waals surface area contributed by atoms with Gasteiger partial charge in [-0.3, -0.25) is 0 Å². The molecule has 1 aromatic heterocycles. The van der Waals surface area contributed by atoms with Crippen molar-refractivity contribution in [2.24, 2.45) is 0 Å². The summed E-state index contributed by atoms with van der Waals surface area (Å²) in [7, 11) is 0. The average molecular weight is 331 g/mol. The Balaban J connectivity index is 1.77. The predicted octanol–water partition coefficient (Wildman–Crippen LogP) is 4.71. The van der Waals surface area contributed by atoms with Crippen molar-refractivity contribution in [1.29, 1.82) is 0 Å². The molecule has 0 fully saturated rings. The molecule has 2 atom stereocenters. The fourth-order valence-corrected chi connectivity index (χ4v) is 3.96. The standard InChI is InChI=1S/C19H25NO2S/c1-4-16(19-7-6-8-23-19)20-12-15-11-18-14(9-13(3)22-18)10-17(15)21-5-2/h6-8,10-11,13,16,20H,4-5,9,12H2,1-3H3. The van der Waals surface area contributed by atoms with E-state index in [1.54, 1.807) is 0 Å². The van der Waals surface area contributed by atoms with Crippen LogP contribution in [0.25, 0.3) is 0 Å². The summed E-state index contributed by atoms with van der Waals surface area (Å²) in [5, 5.41) is 5.80. The van der Waals surface area contributed by atoms with Crippen LogP contribution in [0.2, 0.25) is 0 Å². The highest BCUT2D eigenvalue weighted by molar-refractivity contribution is 7.10. The second-order valence-corrected chi connectivity index (χ2v) is 6.97. The largest absolute Gasteiger partial charge is 0.494 e. The Morgan fingerprint density at radius 3 is 2.96 bits per heavy atom. The first kappa shape index (κ1) is 16.3. The molecule has 1 N–H and O–H groups in total. The van der Waals surface area contributed by atoms with Crippen LogP contribution in [0.3, 0.4) is 0 Å². The topological polar surface area (TPSA) is 30.5 Å². The van der Waals surface area contributed by atoms with Crippen LogP contribution in [-0.2, 0) is 13.0 Å². The Bertz CT molecular complexity index is 639. The van der Waals surface area contributed by atoms with Crippen molar-refractivity contribution in [1.82, 2.24) is 5.32 Å². The zero-order chi connectivity index (χ0) is 16.2. The maximum Gasteiger partial charge on any atom is 0.124 e. The van der Waals surface area contributed by atoms with Crippen LogP contribution < -0.4 is 14.8 Å². The molecule has 2 heterocycles. The molecule has 0 radical (unpaired) electrons. The molecule has 2 unspecified atom stereocenters. The van der Waals surface area contributed by atoms with Gasteiger partial charge in [-0.1, -0.05) is 13.0 Å². The Morgan fingerprint density at radius 2 is 2.26 bits per heavy atom. The smallest absolute Gasteiger partial charge is 0.124 e. The number of benzene rings is 1. The first-order valence-electron chi connectivity index (χ1n) is 8.43. The molecule has 4 heteroatoms. The van der Waals surface area contributed by atoms with Crippen LogP contribution in [0.4, 0.5) is 0 Å². The molecule has 0 bridgehead atoms. The molecule has 1 aliphatic heterocycles. The van der Waals surface area contributed by atoms with Crippen molar-refractivity contribution in [2.45, 2.75) is 52.3 Å². The van der Waals surface area contributed by atoms with Gasteiger partial charge in [0.15, 0.2) is 0 Å². The lowest BCUT2D eigenvalue weighted by Crippen LogP contribution is -2.20. The third kappa shape index (κ3) is 3.70. The van der Waals surface area contributed by atoms with Crippen molar-refractivity contribution in [2.75, 3.05) is 6.61 Å². The SMILES string of the molecule is CCOc1cc2c(cc1CNC(CC)c1cccs1)OC(C)C2. The highest BCUT2D eigenvalue weighted by Crippen LogP contribution is 2.35. The molecular formula is C19H25NO2S. The fourth-order valence-electron chi connectivity index (χ4n) is 3.08. The monoisotopic (exact) mass is 331 g/mol. The molecule has 0 saturated carbocycles. The molecule has 0 saturated heterocycles. The first-order chi connectivity index (χ1) is 11.2. The van der Waals surface area contributed by atoms with E-state index >= 15 is 0 Å². The van der Waals surface area contributed by atoms with E-state index < -0.39 is 0 Å². The van der Waals surface area contributed by atoms with E-state index in [0.717, 1.165) is 30.9 Å².